The Kier molecular flexibility index (Phi) is 5.47. The van der Waals surface area contributed by atoms with Gasteiger partial charge in [0.15, 0.2) is 0 Å². The van der Waals surface area contributed by atoms with Crippen LogP contribution in [0.15, 0.2) is 18.2 Å². The van der Waals surface area contributed by atoms with Crippen LogP contribution in [0.25, 0.3) is 0 Å². The second-order valence-electron chi connectivity index (χ2n) is 4.40. The van der Waals surface area contributed by atoms with Gasteiger partial charge in [-0.3, -0.25) is 0 Å². The first-order valence-electron chi connectivity index (χ1n) is 6.34. The number of aliphatic hydroxyl groups excluding tert-OH is 1. The van der Waals surface area contributed by atoms with Gasteiger partial charge >= 0.3 is 0 Å². The molecule has 1 aromatic rings. The van der Waals surface area contributed by atoms with Crippen molar-refractivity contribution in [2.45, 2.75) is 32.8 Å². The van der Waals surface area contributed by atoms with Gasteiger partial charge in [-0.15, -0.1) is 0 Å². The van der Waals surface area contributed by atoms with E-state index in [1.165, 1.54) is 0 Å². The molecule has 1 rings (SSSR count). The van der Waals surface area contributed by atoms with Crippen molar-refractivity contribution < 1.29 is 5.11 Å². The summed E-state index contributed by atoms with van der Waals surface area (Å²) in [6.45, 7) is 4.59. The molecule has 4 heteroatoms. The van der Waals surface area contributed by atoms with E-state index in [0.29, 0.717) is 23.5 Å². The molecule has 0 heterocycles. The highest BCUT2D eigenvalue weighted by Crippen LogP contribution is 2.22. The van der Waals surface area contributed by atoms with Gasteiger partial charge in [0.05, 0.1) is 23.0 Å². The predicted octanol–water partition coefficient (Wildman–Crippen LogP) is 2.35. The number of nitrogens with two attached hydrogens (primary N) is 1. The summed E-state index contributed by atoms with van der Waals surface area (Å²) in [6.07, 6.45) is 1.50. The zero-order chi connectivity index (χ0) is 13.5. The molecule has 0 bridgehead atoms. The highest BCUT2D eigenvalue weighted by Gasteiger charge is 2.15. The average Bonchev–Trinajstić information content (AvgIpc) is 2.39. The van der Waals surface area contributed by atoms with Crippen molar-refractivity contribution in [3.8, 4) is 6.07 Å². The summed E-state index contributed by atoms with van der Waals surface area (Å²) in [6, 6.07) is 7.31. The summed E-state index contributed by atoms with van der Waals surface area (Å²) in [5, 5.41) is 22.0. The van der Waals surface area contributed by atoms with E-state index in [-0.39, 0.29) is 5.92 Å². The Morgan fingerprint density at radius 1 is 1.39 bits per heavy atom. The molecule has 18 heavy (non-hydrogen) atoms. The summed E-state index contributed by atoms with van der Waals surface area (Å²) in [7, 11) is 0. The standard InChI is InChI=1S/C14H21N3O/c1-3-10(4-2)13(18)9-17-12-7-5-6-11(8-15)14(12)16/h5-7,10,13,17-18H,3-4,9,16H2,1-2H3. The molecule has 0 fully saturated rings. The lowest BCUT2D eigenvalue weighted by Crippen LogP contribution is -2.28. The van der Waals surface area contributed by atoms with Crippen LogP contribution in [-0.2, 0) is 0 Å². The van der Waals surface area contributed by atoms with E-state index in [9.17, 15) is 5.11 Å². The molecule has 0 saturated heterocycles. The molecule has 98 valence electrons. The zero-order valence-electron chi connectivity index (χ0n) is 11.0. The Morgan fingerprint density at radius 3 is 2.61 bits per heavy atom. The van der Waals surface area contributed by atoms with Gasteiger partial charge in [0.25, 0.3) is 0 Å². The van der Waals surface area contributed by atoms with Crippen LogP contribution in [0.2, 0.25) is 0 Å². The smallest absolute Gasteiger partial charge is 0.101 e. The number of aliphatic hydroxyl groups is 1. The lowest BCUT2D eigenvalue weighted by atomic mass is 9.96. The first kappa shape index (κ1) is 14.3. The van der Waals surface area contributed by atoms with E-state index in [1.54, 1.807) is 12.1 Å². The number of nitrogen functional groups attached to an aromatic ring is 1. The van der Waals surface area contributed by atoms with Crippen LogP contribution in [0.5, 0.6) is 0 Å². The number of rotatable bonds is 6. The average molecular weight is 247 g/mol. The maximum atomic E-state index is 10.0. The molecule has 0 aliphatic heterocycles. The summed E-state index contributed by atoms with van der Waals surface area (Å²) in [4.78, 5) is 0. The molecule has 0 amide bonds. The number of nitrogens with zero attached hydrogens (tertiary/aromatic N) is 1. The summed E-state index contributed by atoms with van der Waals surface area (Å²) in [5.74, 6) is 0.290. The third kappa shape index (κ3) is 3.38. The number of anilines is 2. The first-order chi connectivity index (χ1) is 8.63. The van der Waals surface area contributed by atoms with Crippen LogP contribution < -0.4 is 11.1 Å². The van der Waals surface area contributed by atoms with Crippen molar-refractivity contribution >= 4 is 11.4 Å². The second kappa shape index (κ2) is 6.87. The van der Waals surface area contributed by atoms with E-state index >= 15 is 0 Å². The van der Waals surface area contributed by atoms with E-state index in [2.05, 4.69) is 19.2 Å². The van der Waals surface area contributed by atoms with Crippen LogP contribution in [0, 0.1) is 17.2 Å². The fourth-order valence-corrected chi connectivity index (χ4v) is 2.03. The highest BCUT2D eigenvalue weighted by molar-refractivity contribution is 5.72. The van der Waals surface area contributed by atoms with Gasteiger partial charge in [0.2, 0.25) is 0 Å². The SMILES string of the molecule is CCC(CC)C(O)CNc1cccc(C#N)c1N. The number of hydrogen-bond donors (Lipinski definition) is 3. The normalized spacial score (nSPS) is 12.2. The van der Waals surface area contributed by atoms with Gasteiger partial charge in [-0.1, -0.05) is 32.8 Å². The maximum absolute atomic E-state index is 10.0. The molecule has 4 nitrogen and oxygen atoms in total. The van der Waals surface area contributed by atoms with Crippen molar-refractivity contribution in [3.05, 3.63) is 23.8 Å². The van der Waals surface area contributed by atoms with Crippen LogP contribution in [0.1, 0.15) is 32.3 Å². The number of benzene rings is 1. The minimum atomic E-state index is -0.398. The fraction of sp³-hybridized carbons (Fsp3) is 0.500. The molecule has 1 aromatic carbocycles. The van der Waals surface area contributed by atoms with E-state index in [1.807, 2.05) is 12.1 Å². The van der Waals surface area contributed by atoms with Gasteiger partial charge in [-0.05, 0) is 18.1 Å². The molecule has 0 spiro atoms. The van der Waals surface area contributed by atoms with E-state index in [0.717, 1.165) is 12.8 Å². The quantitative estimate of drug-likeness (QED) is 0.674. The monoisotopic (exact) mass is 247 g/mol. The summed E-state index contributed by atoms with van der Waals surface area (Å²) < 4.78 is 0. The fourth-order valence-electron chi connectivity index (χ4n) is 2.03. The predicted molar refractivity (Wildman–Crippen MR) is 74.1 cm³/mol. The molecule has 0 saturated carbocycles. The molecule has 0 aromatic heterocycles. The third-order valence-electron chi connectivity index (χ3n) is 3.32. The Morgan fingerprint density at radius 2 is 2.06 bits per heavy atom. The molecule has 0 aliphatic carbocycles. The van der Waals surface area contributed by atoms with Crippen LogP contribution in [0.4, 0.5) is 11.4 Å². The largest absolute Gasteiger partial charge is 0.396 e. The number of nitriles is 1. The third-order valence-corrected chi connectivity index (χ3v) is 3.32. The number of para-hydroxylation sites is 1. The van der Waals surface area contributed by atoms with Gasteiger partial charge in [0.1, 0.15) is 6.07 Å². The second-order valence-corrected chi connectivity index (χ2v) is 4.40. The maximum Gasteiger partial charge on any atom is 0.101 e. The highest BCUT2D eigenvalue weighted by atomic mass is 16.3. The zero-order valence-corrected chi connectivity index (χ0v) is 11.0. The van der Waals surface area contributed by atoms with Gasteiger partial charge < -0.3 is 16.2 Å². The van der Waals surface area contributed by atoms with E-state index < -0.39 is 6.10 Å². The molecule has 0 aliphatic rings. The van der Waals surface area contributed by atoms with Crippen molar-refractivity contribution in [2.24, 2.45) is 5.92 Å². The Labute approximate surface area is 108 Å². The summed E-state index contributed by atoms with van der Waals surface area (Å²) in [5.41, 5.74) is 7.46. The molecular weight excluding hydrogens is 226 g/mol. The first-order valence-corrected chi connectivity index (χ1v) is 6.34. The minimum Gasteiger partial charge on any atom is -0.396 e. The lowest BCUT2D eigenvalue weighted by molar-refractivity contribution is 0.114. The molecular formula is C14H21N3O. The molecule has 4 N–H and O–H groups in total. The van der Waals surface area contributed by atoms with E-state index in [4.69, 9.17) is 11.0 Å². The lowest BCUT2D eigenvalue weighted by Gasteiger charge is -2.21. The molecule has 0 radical (unpaired) electrons. The topological polar surface area (TPSA) is 82.1 Å². The van der Waals surface area contributed by atoms with Crippen molar-refractivity contribution in [2.75, 3.05) is 17.6 Å². The minimum absolute atomic E-state index is 0.290. The number of hydrogen-bond acceptors (Lipinski definition) is 4. The van der Waals surface area contributed by atoms with Gasteiger partial charge in [0, 0.05) is 6.54 Å². The van der Waals surface area contributed by atoms with Crippen molar-refractivity contribution in [1.29, 1.82) is 5.26 Å². The van der Waals surface area contributed by atoms with Gasteiger partial charge in [-0.25, -0.2) is 0 Å². The van der Waals surface area contributed by atoms with Crippen LogP contribution in [0.3, 0.4) is 0 Å². The van der Waals surface area contributed by atoms with Crippen molar-refractivity contribution in [1.82, 2.24) is 0 Å². The Balaban J connectivity index is 2.67. The molecule has 1 unspecified atom stereocenters. The Hall–Kier alpha value is -1.73. The van der Waals surface area contributed by atoms with Gasteiger partial charge in [-0.2, -0.15) is 5.26 Å². The van der Waals surface area contributed by atoms with Crippen LogP contribution in [-0.4, -0.2) is 17.8 Å². The Bertz CT molecular complexity index is 422. The van der Waals surface area contributed by atoms with Crippen LogP contribution >= 0.6 is 0 Å². The summed E-state index contributed by atoms with van der Waals surface area (Å²) >= 11 is 0. The molecule has 1 atom stereocenters. The van der Waals surface area contributed by atoms with Crippen molar-refractivity contribution in [3.63, 3.8) is 0 Å². The number of nitrogens with one attached hydrogen (secondary N) is 1.